The second kappa shape index (κ2) is 6.82. The topological polar surface area (TPSA) is 71.8 Å². The van der Waals surface area contributed by atoms with Gasteiger partial charge in [0.05, 0.1) is 18.4 Å². The van der Waals surface area contributed by atoms with Gasteiger partial charge in [-0.25, -0.2) is 4.68 Å². The molecule has 1 aliphatic rings. The first kappa shape index (κ1) is 14.2. The summed E-state index contributed by atoms with van der Waals surface area (Å²) in [6.07, 6.45) is 4.50. The number of carbonyl (C=O) groups excluding carboxylic acids is 1. The molecule has 3 rings (SSSR count). The molecule has 2 aromatic heterocycles. The molecule has 2 heterocycles. The van der Waals surface area contributed by atoms with Gasteiger partial charge in [-0.2, -0.15) is 0 Å². The summed E-state index contributed by atoms with van der Waals surface area (Å²) in [4.78, 5) is 13.0. The lowest BCUT2D eigenvalue weighted by Gasteiger charge is -2.03. The molecule has 6 nitrogen and oxygen atoms in total. The lowest BCUT2D eigenvalue weighted by Crippen LogP contribution is -2.27. The average Bonchev–Trinajstić information content (AvgIpc) is 2.97. The Bertz CT molecular complexity index is 576. The molecule has 112 valence electrons. The summed E-state index contributed by atoms with van der Waals surface area (Å²) >= 11 is 1.63. The highest BCUT2D eigenvalue weighted by atomic mass is 32.1. The predicted octanol–water partition coefficient (Wildman–Crippen LogP) is 1.16. The standard InChI is InChI=1S/C14H19N5OS/c20-14(16-8-13-2-1-5-21-13)10-19-9-12(17-18-19)7-15-6-11-3-4-11/h1-2,5,9,11,15H,3-4,6-8,10H2,(H,16,20). The Labute approximate surface area is 127 Å². The average molecular weight is 305 g/mol. The summed E-state index contributed by atoms with van der Waals surface area (Å²) in [6, 6.07) is 3.98. The van der Waals surface area contributed by atoms with Crippen LogP contribution in [0.25, 0.3) is 0 Å². The third-order valence-corrected chi connectivity index (χ3v) is 4.24. The van der Waals surface area contributed by atoms with Crippen LogP contribution in [0.15, 0.2) is 23.7 Å². The molecule has 0 bridgehead atoms. The molecule has 0 aromatic carbocycles. The summed E-state index contributed by atoms with van der Waals surface area (Å²) in [7, 11) is 0. The van der Waals surface area contributed by atoms with E-state index < -0.39 is 0 Å². The smallest absolute Gasteiger partial charge is 0.242 e. The minimum atomic E-state index is -0.0502. The van der Waals surface area contributed by atoms with Gasteiger partial charge in [0.2, 0.25) is 5.91 Å². The second-order valence-electron chi connectivity index (χ2n) is 5.34. The monoisotopic (exact) mass is 305 g/mol. The molecular weight excluding hydrogens is 286 g/mol. The van der Waals surface area contributed by atoms with Crippen LogP contribution in [-0.4, -0.2) is 27.4 Å². The van der Waals surface area contributed by atoms with E-state index in [4.69, 9.17) is 0 Å². The number of hydrogen-bond acceptors (Lipinski definition) is 5. The van der Waals surface area contributed by atoms with Crippen LogP contribution < -0.4 is 10.6 Å². The first-order valence-corrected chi connectivity index (χ1v) is 8.06. The minimum absolute atomic E-state index is 0.0502. The van der Waals surface area contributed by atoms with Crippen molar-refractivity contribution in [3.63, 3.8) is 0 Å². The van der Waals surface area contributed by atoms with Crippen LogP contribution in [0.2, 0.25) is 0 Å². The fourth-order valence-corrected chi connectivity index (χ4v) is 2.67. The first-order chi connectivity index (χ1) is 10.3. The first-order valence-electron chi connectivity index (χ1n) is 7.18. The number of nitrogens with one attached hydrogen (secondary N) is 2. The maximum atomic E-state index is 11.8. The van der Waals surface area contributed by atoms with E-state index in [1.54, 1.807) is 16.0 Å². The second-order valence-corrected chi connectivity index (χ2v) is 6.37. The highest BCUT2D eigenvalue weighted by Gasteiger charge is 2.20. The van der Waals surface area contributed by atoms with Crippen molar-refractivity contribution in [3.05, 3.63) is 34.3 Å². The Morgan fingerprint density at radius 3 is 3.10 bits per heavy atom. The third-order valence-electron chi connectivity index (χ3n) is 3.37. The summed E-state index contributed by atoms with van der Waals surface area (Å²) in [6.45, 7) is 2.55. The largest absolute Gasteiger partial charge is 0.350 e. The fourth-order valence-electron chi connectivity index (χ4n) is 2.03. The van der Waals surface area contributed by atoms with Gasteiger partial charge in [-0.3, -0.25) is 4.79 Å². The molecule has 1 aliphatic carbocycles. The Hall–Kier alpha value is -1.73. The van der Waals surface area contributed by atoms with Gasteiger partial charge in [0.15, 0.2) is 0 Å². The zero-order valence-corrected chi connectivity index (χ0v) is 12.6. The molecule has 0 unspecified atom stereocenters. The number of amides is 1. The molecular formula is C14H19N5OS. The summed E-state index contributed by atoms with van der Waals surface area (Å²) in [5.74, 6) is 0.800. The van der Waals surface area contributed by atoms with Crippen LogP contribution in [0.4, 0.5) is 0 Å². The van der Waals surface area contributed by atoms with Gasteiger partial charge in [-0.15, -0.1) is 16.4 Å². The Balaban J connectivity index is 1.39. The molecule has 0 saturated heterocycles. The van der Waals surface area contributed by atoms with Crippen LogP contribution >= 0.6 is 11.3 Å². The van der Waals surface area contributed by atoms with E-state index in [1.807, 2.05) is 23.7 Å². The van der Waals surface area contributed by atoms with Crippen LogP contribution in [0.5, 0.6) is 0 Å². The molecule has 7 heteroatoms. The van der Waals surface area contributed by atoms with E-state index >= 15 is 0 Å². The van der Waals surface area contributed by atoms with Crippen LogP contribution in [0.3, 0.4) is 0 Å². The van der Waals surface area contributed by atoms with Crippen molar-refractivity contribution < 1.29 is 4.79 Å². The number of nitrogens with zero attached hydrogens (tertiary/aromatic N) is 3. The number of hydrogen-bond donors (Lipinski definition) is 2. The normalized spacial score (nSPS) is 14.3. The van der Waals surface area contributed by atoms with E-state index in [-0.39, 0.29) is 12.5 Å². The SMILES string of the molecule is O=C(Cn1cc(CNCC2CC2)nn1)NCc1cccs1. The predicted molar refractivity (Wildman–Crippen MR) is 80.6 cm³/mol. The molecule has 0 aliphatic heterocycles. The zero-order chi connectivity index (χ0) is 14.5. The van der Waals surface area contributed by atoms with Gasteiger partial charge in [-0.05, 0) is 36.8 Å². The van der Waals surface area contributed by atoms with Crippen molar-refractivity contribution in [2.75, 3.05) is 6.54 Å². The number of rotatable bonds is 8. The van der Waals surface area contributed by atoms with E-state index in [0.29, 0.717) is 13.1 Å². The number of thiophene rings is 1. The van der Waals surface area contributed by atoms with Crippen molar-refractivity contribution in [1.29, 1.82) is 0 Å². The molecule has 2 aromatic rings. The van der Waals surface area contributed by atoms with Gasteiger partial charge in [0.25, 0.3) is 0 Å². The Morgan fingerprint density at radius 2 is 2.33 bits per heavy atom. The van der Waals surface area contributed by atoms with Crippen molar-refractivity contribution >= 4 is 17.2 Å². The molecule has 1 amide bonds. The highest BCUT2D eigenvalue weighted by Crippen LogP contribution is 2.27. The van der Waals surface area contributed by atoms with Gasteiger partial charge in [0.1, 0.15) is 6.54 Å². The molecule has 2 N–H and O–H groups in total. The maximum absolute atomic E-state index is 11.8. The van der Waals surface area contributed by atoms with Crippen molar-refractivity contribution in [2.45, 2.75) is 32.5 Å². The Morgan fingerprint density at radius 1 is 1.43 bits per heavy atom. The van der Waals surface area contributed by atoms with Gasteiger partial charge in [0, 0.05) is 11.4 Å². The molecule has 1 fully saturated rings. The summed E-state index contributed by atoms with van der Waals surface area (Å²) < 4.78 is 1.58. The van der Waals surface area contributed by atoms with Crippen LogP contribution in [-0.2, 0) is 24.4 Å². The van der Waals surface area contributed by atoms with E-state index in [1.165, 1.54) is 12.8 Å². The van der Waals surface area contributed by atoms with E-state index in [0.717, 1.165) is 23.0 Å². The fraction of sp³-hybridized carbons (Fsp3) is 0.500. The molecule has 0 atom stereocenters. The van der Waals surface area contributed by atoms with Crippen molar-refractivity contribution in [2.24, 2.45) is 5.92 Å². The van der Waals surface area contributed by atoms with Crippen LogP contribution in [0.1, 0.15) is 23.4 Å². The van der Waals surface area contributed by atoms with Crippen molar-refractivity contribution in [3.8, 4) is 0 Å². The molecule has 0 radical (unpaired) electrons. The summed E-state index contributed by atoms with van der Waals surface area (Å²) in [5, 5.41) is 16.3. The van der Waals surface area contributed by atoms with E-state index in [9.17, 15) is 4.79 Å². The number of carbonyl (C=O) groups is 1. The van der Waals surface area contributed by atoms with Crippen molar-refractivity contribution in [1.82, 2.24) is 25.6 Å². The molecule has 1 saturated carbocycles. The Kier molecular flexibility index (Phi) is 4.62. The van der Waals surface area contributed by atoms with Crippen LogP contribution in [0, 0.1) is 5.92 Å². The maximum Gasteiger partial charge on any atom is 0.242 e. The van der Waals surface area contributed by atoms with Gasteiger partial charge < -0.3 is 10.6 Å². The molecule has 0 spiro atoms. The van der Waals surface area contributed by atoms with E-state index in [2.05, 4.69) is 20.9 Å². The van der Waals surface area contributed by atoms with Gasteiger partial charge in [-0.1, -0.05) is 11.3 Å². The lowest BCUT2D eigenvalue weighted by atomic mass is 10.4. The summed E-state index contributed by atoms with van der Waals surface area (Å²) in [5.41, 5.74) is 0.877. The number of aromatic nitrogens is 3. The zero-order valence-electron chi connectivity index (χ0n) is 11.8. The lowest BCUT2D eigenvalue weighted by molar-refractivity contribution is -0.122. The highest BCUT2D eigenvalue weighted by molar-refractivity contribution is 7.09. The molecule has 21 heavy (non-hydrogen) atoms. The van der Waals surface area contributed by atoms with Gasteiger partial charge >= 0.3 is 0 Å². The third kappa shape index (κ3) is 4.64. The minimum Gasteiger partial charge on any atom is -0.350 e. The quantitative estimate of drug-likeness (QED) is 0.767.